The third-order valence-corrected chi connectivity index (χ3v) is 4.07. The molecule has 0 aliphatic carbocycles. The molecule has 1 aliphatic rings. The van der Waals surface area contributed by atoms with Gasteiger partial charge in [0.05, 0.1) is 13.2 Å². The first-order chi connectivity index (χ1) is 12.2. The Hall–Kier alpha value is -1.79. The number of hydrogen-bond acceptors (Lipinski definition) is 6. The Balaban J connectivity index is 1.96. The van der Waals surface area contributed by atoms with Gasteiger partial charge in [-0.25, -0.2) is 4.79 Å². The first-order valence-electron chi connectivity index (χ1n) is 9.09. The molecule has 0 radical (unpaired) electrons. The number of rotatable bonds is 10. The third-order valence-electron chi connectivity index (χ3n) is 4.07. The lowest BCUT2D eigenvalue weighted by atomic mass is 10.0. The van der Waals surface area contributed by atoms with E-state index in [4.69, 9.17) is 18.9 Å². The summed E-state index contributed by atoms with van der Waals surface area (Å²) in [7, 11) is 0. The lowest BCUT2D eigenvalue weighted by Gasteiger charge is -2.31. The molecule has 2 rings (SSSR count). The molecule has 1 aromatic rings. The number of carbonyl (C=O) groups is 1. The zero-order valence-electron chi connectivity index (χ0n) is 15.2. The molecule has 1 fully saturated rings. The predicted octanol–water partition coefficient (Wildman–Crippen LogP) is 2.55. The van der Waals surface area contributed by atoms with Gasteiger partial charge in [0.1, 0.15) is 19.3 Å². The van der Waals surface area contributed by atoms with Crippen molar-refractivity contribution in [2.75, 3.05) is 33.0 Å². The average molecular weight is 351 g/mol. The topological polar surface area (TPSA) is 66.0 Å². The quantitative estimate of drug-likeness (QED) is 0.654. The molecular weight excluding hydrogens is 322 g/mol. The fourth-order valence-corrected chi connectivity index (χ4v) is 2.87. The summed E-state index contributed by atoms with van der Waals surface area (Å²) in [5.41, 5.74) is 0. The minimum atomic E-state index is -0.349. The van der Waals surface area contributed by atoms with Crippen molar-refractivity contribution in [2.45, 2.75) is 45.3 Å². The fourth-order valence-electron chi connectivity index (χ4n) is 2.87. The van der Waals surface area contributed by atoms with Gasteiger partial charge in [0.15, 0.2) is 11.5 Å². The minimum Gasteiger partial charge on any atom is -0.490 e. The smallest absolute Gasteiger partial charge is 0.332 e. The second kappa shape index (κ2) is 10.9. The van der Waals surface area contributed by atoms with E-state index in [1.54, 1.807) is 6.92 Å². The maximum absolute atomic E-state index is 11.6. The minimum absolute atomic E-state index is 0.0623. The van der Waals surface area contributed by atoms with E-state index in [2.05, 4.69) is 5.32 Å². The summed E-state index contributed by atoms with van der Waals surface area (Å²) in [6.45, 7) is 5.90. The van der Waals surface area contributed by atoms with Crippen LogP contribution in [0.2, 0.25) is 0 Å². The van der Waals surface area contributed by atoms with Crippen molar-refractivity contribution in [3.05, 3.63) is 24.3 Å². The van der Waals surface area contributed by atoms with Crippen molar-refractivity contribution in [3.63, 3.8) is 0 Å². The van der Waals surface area contributed by atoms with Gasteiger partial charge >= 0.3 is 5.97 Å². The maximum Gasteiger partial charge on any atom is 0.332 e. The summed E-state index contributed by atoms with van der Waals surface area (Å²) < 4.78 is 22.3. The Labute approximate surface area is 149 Å². The molecular formula is C19H29NO5. The highest BCUT2D eigenvalue weighted by Gasteiger charge is 2.26. The molecule has 1 heterocycles. The van der Waals surface area contributed by atoms with E-state index in [9.17, 15) is 4.79 Å². The Morgan fingerprint density at radius 2 is 1.92 bits per heavy atom. The lowest BCUT2D eigenvalue weighted by molar-refractivity contribution is -0.152. The molecule has 1 aliphatic heterocycles. The van der Waals surface area contributed by atoms with Gasteiger partial charge in [0, 0.05) is 6.04 Å². The van der Waals surface area contributed by atoms with Gasteiger partial charge in [-0.1, -0.05) is 18.6 Å². The van der Waals surface area contributed by atoms with E-state index < -0.39 is 0 Å². The lowest BCUT2D eigenvalue weighted by Crippen LogP contribution is -2.47. The van der Waals surface area contributed by atoms with E-state index in [-0.39, 0.29) is 24.7 Å². The Bertz CT molecular complexity index is 516. The monoisotopic (exact) mass is 351 g/mol. The molecule has 2 atom stereocenters. The number of nitrogens with one attached hydrogen (secondary N) is 1. The Kier molecular flexibility index (Phi) is 8.55. The standard InChI is InChI=1S/C19H29NO5/c1-3-22-16-10-5-6-11-17(16)24-13-18(15-9-7-8-12-20-15)25-14-19(21)23-4-2/h5-6,10-11,15,18,20H,3-4,7-9,12-14H2,1-2H3. The van der Waals surface area contributed by atoms with Crippen molar-refractivity contribution < 1.29 is 23.7 Å². The van der Waals surface area contributed by atoms with Crippen molar-refractivity contribution in [1.29, 1.82) is 0 Å². The van der Waals surface area contributed by atoms with Crippen molar-refractivity contribution in [1.82, 2.24) is 5.32 Å². The first kappa shape index (κ1) is 19.5. The van der Waals surface area contributed by atoms with E-state index in [0.717, 1.165) is 25.8 Å². The number of carbonyl (C=O) groups excluding carboxylic acids is 1. The van der Waals surface area contributed by atoms with Crippen molar-refractivity contribution in [2.24, 2.45) is 0 Å². The van der Waals surface area contributed by atoms with E-state index in [0.29, 0.717) is 31.3 Å². The number of para-hydroxylation sites is 2. The number of esters is 1. The van der Waals surface area contributed by atoms with Crippen LogP contribution >= 0.6 is 0 Å². The molecule has 0 amide bonds. The van der Waals surface area contributed by atoms with Crippen LogP contribution in [0.3, 0.4) is 0 Å². The van der Waals surface area contributed by atoms with Crippen LogP contribution in [0.25, 0.3) is 0 Å². The van der Waals surface area contributed by atoms with E-state index in [1.165, 1.54) is 0 Å². The van der Waals surface area contributed by atoms with Gasteiger partial charge in [-0.05, 0) is 45.4 Å². The third kappa shape index (κ3) is 6.55. The molecule has 1 N–H and O–H groups in total. The van der Waals surface area contributed by atoms with Gasteiger partial charge in [-0.2, -0.15) is 0 Å². The van der Waals surface area contributed by atoms with Crippen LogP contribution < -0.4 is 14.8 Å². The Morgan fingerprint density at radius 3 is 2.56 bits per heavy atom. The van der Waals surface area contributed by atoms with Gasteiger partial charge < -0.3 is 24.3 Å². The number of ether oxygens (including phenoxy) is 4. The van der Waals surface area contributed by atoms with Crippen LogP contribution in [0.1, 0.15) is 33.1 Å². The highest BCUT2D eigenvalue weighted by atomic mass is 16.6. The van der Waals surface area contributed by atoms with Gasteiger partial charge in [-0.15, -0.1) is 0 Å². The molecule has 0 spiro atoms. The maximum atomic E-state index is 11.6. The van der Waals surface area contributed by atoms with E-state index in [1.807, 2.05) is 31.2 Å². The van der Waals surface area contributed by atoms with Gasteiger partial charge in [-0.3, -0.25) is 0 Å². The molecule has 0 saturated carbocycles. The van der Waals surface area contributed by atoms with Crippen LogP contribution in [-0.2, 0) is 14.3 Å². The summed E-state index contributed by atoms with van der Waals surface area (Å²) in [5, 5.41) is 3.46. The summed E-state index contributed by atoms with van der Waals surface area (Å²) in [4.78, 5) is 11.6. The molecule has 1 aromatic carbocycles. The molecule has 6 nitrogen and oxygen atoms in total. The summed E-state index contributed by atoms with van der Waals surface area (Å²) >= 11 is 0. The molecule has 2 unspecified atom stereocenters. The SMILES string of the molecule is CCOC(=O)COC(COc1ccccc1OCC)C1CCCCN1. The molecule has 25 heavy (non-hydrogen) atoms. The molecule has 6 heteroatoms. The zero-order valence-corrected chi connectivity index (χ0v) is 15.2. The highest BCUT2D eigenvalue weighted by Crippen LogP contribution is 2.27. The summed E-state index contributed by atoms with van der Waals surface area (Å²) in [6, 6.07) is 7.75. The number of benzene rings is 1. The van der Waals surface area contributed by atoms with Crippen molar-refractivity contribution in [3.8, 4) is 11.5 Å². The summed E-state index contributed by atoms with van der Waals surface area (Å²) in [6.07, 6.45) is 3.09. The van der Waals surface area contributed by atoms with Crippen LogP contribution in [0.15, 0.2) is 24.3 Å². The van der Waals surface area contributed by atoms with Crippen molar-refractivity contribution >= 4 is 5.97 Å². The number of hydrogen-bond donors (Lipinski definition) is 1. The average Bonchev–Trinajstić information content (AvgIpc) is 2.64. The highest BCUT2D eigenvalue weighted by molar-refractivity contribution is 5.70. The van der Waals surface area contributed by atoms with Crippen LogP contribution in [-0.4, -0.2) is 51.1 Å². The fraction of sp³-hybridized carbons (Fsp3) is 0.632. The zero-order chi connectivity index (χ0) is 17.9. The molecule has 1 saturated heterocycles. The normalized spacial score (nSPS) is 18.4. The number of piperidine rings is 1. The van der Waals surface area contributed by atoms with Crippen LogP contribution in [0.5, 0.6) is 11.5 Å². The summed E-state index contributed by atoms with van der Waals surface area (Å²) in [5.74, 6) is 1.05. The van der Waals surface area contributed by atoms with Gasteiger partial charge in [0.2, 0.25) is 0 Å². The Morgan fingerprint density at radius 1 is 1.16 bits per heavy atom. The molecule has 0 bridgehead atoms. The van der Waals surface area contributed by atoms with E-state index >= 15 is 0 Å². The van der Waals surface area contributed by atoms with Crippen LogP contribution in [0, 0.1) is 0 Å². The largest absolute Gasteiger partial charge is 0.490 e. The first-order valence-corrected chi connectivity index (χ1v) is 9.09. The molecule has 140 valence electrons. The second-order valence-corrected chi connectivity index (χ2v) is 5.90. The van der Waals surface area contributed by atoms with Crippen LogP contribution in [0.4, 0.5) is 0 Å². The second-order valence-electron chi connectivity index (χ2n) is 5.90. The molecule has 0 aromatic heterocycles. The predicted molar refractivity (Wildman–Crippen MR) is 95.1 cm³/mol. The van der Waals surface area contributed by atoms with Gasteiger partial charge in [0.25, 0.3) is 0 Å².